The van der Waals surface area contributed by atoms with Gasteiger partial charge in [0.15, 0.2) is 11.5 Å². The Morgan fingerprint density at radius 2 is 1.55 bits per heavy atom. The van der Waals surface area contributed by atoms with Crippen molar-refractivity contribution in [2.45, 2.75) is 40.2 Å². The van der Waals surface area contributed by atoms with Gasteiger partial charge in [-0.1, -0.05) is 39.8 Å². The van der Waals surface area contributed by atoms with Crippen molar-refractivity contribution in [1.29, 1.82) is 0 Å². The molecule has 0 aliphatic heterocycles. The standard InChI is InChI=1S/C25H30N2O4/c1-15(2)13-27-14-21(24(28)26-18-9-7-17(8-10-18)16(3)4)19-11-22(30-5)23(31-6)12-20(19)25(27)29/h7-12,14-16H,13H2,1-6H3,(H,26,28). The van der Waals surface area contributed by atoms with Crippen LogP contribution in [-0.4, -0.2) is 24.7 Å². The minimum Gasteiger partial charge on any atom is -0.493 e. The van der Waals surface area contributed by atoms with Crippen molar-refractivity contribution < 1.29 is 14.3 Å². The number of carbonyl (C=O) groups is 1. The van der Waals surface area contributed by atoms with Gasteiger partial charge in [0, 0.05) is 23.8 Å². The first-order valence-electron chi connectivity index (χ1n) is 10.5. The second-order valence-corrected chi connectivity index (χ2v) is 8.38. The van der Waals surface area contributed by atoms with Crippen LogP contribution in [0.5, 0.6) is 11.5 Å². The highest BCUT2D eigenvalue weighted by atomic mass is 16.5. The van der Waals surface area contributed by atoms with Crippen molar-refractivity contribution in [2.75, 3.05) is 19.5 Å². The van der Waals surface area contributed by atoms with Crippen LogP contribution in [0.25, 0.3) is 10.8 Å². The van der Waals surface area contributed by atoms with E-state index in [0.717, 1.165) is 0 Å². The number of anilines is 1. The lowest BCUT2D eigenvalue weighted by Gasteiger charge is -2.16. The molecule has 3 rings (SSSR count). The fraction of sp³-hybridized carbons (Fsp3) is 0.360. The van der Waals surface area contributed by atoms with Gasteiger partial charge in [0.25, 0.3) is 11.5 Å². The summed E-state index contributed by atoms with van der Waals surface area (Å²) in [5.41, 5.74) is 2.14. The zero-order valence-corrected chi connectivity index (χ0v) is 19.0. The molecule has 0 aliphatic carbocycles. The zero-order valence-electron chi connectivity index (χ0n) is 19.0. The second kappa shape index (κ2) is 9.25. The van der Waals surface area contributed by atoms with Crippen LogP contribution in [-0.2, 0) is 6.54 Å². The number of hydrogen-bond donors (Lipinski definition) is 1. The number of carbonyl (C=O) groups excluding carboxylic acids is 1. The first-order chi connectivity index (χ1) is 14.7. The number of methoxy groups -OCH3 is 2. The zero-order chi connectivity index (χ0) is 22.7. The first-order valence-corrected chi connectivity index (χ1v) is 10.5. The highest BCUT2D eigenvalue weighted by Crippen LogP contribution is 2.32. The maximum atomic E-state index is 13.3. The van der Waals surface area contributed by atoms with Crippen molar-refractivity contribution in [3.05, 3.63) is 64.1 Å². The highest BCUT2D eigenvalue weighted by molar-refractivity contribution is 6.13. The van der Waals surface area contributed by atoms with E-state index in [-0.39, 0.29) is 17.4 Å². The number of pyridine rings is 1. The van der Waals surface area contributed by atoms with Crippen molar-refractivity contribution in [1.82, 2.24) is 4.57 Å². The molecule has 0 spiro atoms. The van der Waals surface area contributed by atoms with Crippen LogP contribution in [0.4, 0.5) is 5.69 Å². The SMILES string of the molecule is COc1cc2c(C(=O)Nc3ccc(C(C)C)cc3)cn(CC(C)C)c(=O)c2cc1OC. The van der Waals surface area contributed by atoms with E-state index in [9.17, 15) is 9.59 Å². The molecule has 0 saturated heterocycles. The van der Waals surface area contributed by atoms with Gasteiger partial charge in [0.1, 0.15) is 0 Å². The van der Waals surface area contributed by atoms with Gasteiger partial charge >= 0.3 is 0 Å². The summed E-state index contributed by atoms with van der Waals surface area (Å²) >= 11 is 0. The minimum absolute atomic E-state index is 0.164. The van der Waals surface area contributed by atoms with Crippen LogP contribution < -0.4 is 20.3 Å². The van der Waals surface area contributed by atoms with E-state index in [1.54, 1.807) is 22.9 Å². The molecule has 6 heteroatoms. The number of ether oxygens (including phenoxy) is 2. The third-order valence-corrected chi connectivity index (χ3v) is 5.23. The molecule has 0 saturated carbocycles. The maximum absolute atomic E-state index is 13.3. The van der Waals surface area contributed by atoms with E-state index in [0.29, 0.717) is 46.0 Å². The fourth-order valence-electron chi connectivity index (χ4n) is 3.58. The summed E-state index contributed by atoms with van der Waals surface area (Å²) in [6.45, 7) is 8.81. The number of nitrogens with zero attached hydrogens (tertiary/aromatic N) is 1. The van der Waals surface area contributed by atoms with Crippen molar-refractivity contribution in [2.24, 2.45) is 5.92 Å². The Balaban J connectivity index is 2.13. The molecule has 1 amide bonds. The van der Waals surface area contributed by atoms with E-state index in [4.69, 9.17) is 9.47 Å². The van der Waals surface area contributed by atoms with Gasteiger partial charge in [-0.05, 0) is 41.7 Å². The Morgan fingerprint density at radius 3 is 2.06 bits per heavy atom. The monoisotopic (exact) mass is 422 g/mol. The Hall–Kier alpha value is -3.28. The quantitative estimate of drug-likeness (QED) is 0.578. The number of benzene rings is 2. The summed E-state index contributed by atoms with van der Waals surface area (Å²) in [7, 11) is 3.05. The molecule has 0 aliphatic rings. The van der Waals surface area contributed by atoms with Crippen LogP contribution in [0.15, 0.2) is 47.4 Å². The average Bonchev–Trinajstić information content (AvgIpc) is 2.74. The van der Waals surface area contributed by atoms with Gasteiger partial charge in [-0.25, -0.2) is 0 Å². The van der Waals surface area contributed by atoms with Crippen LogP contribution in [0, 0.1) is 5.92 Å². The van der Waals surface area contributed by atoms with E-state index in [1.807, 2.05) is 38.1 Å². The molecule has 2 aromatic carbocycles. The number of amides is 1. The fourth-order valence-corrected chi connectivity index (χ4v) is 3.58. The third kappa shape index (κ3) is 4.74. The molecule has 3 aromatic rings. The number of rotatable bonds is 7. The molecule has 0 fully saturated rings. The second-order valence-electron chi connectivity index (χ2n) is 8.38. The molecule has 0 bridgehead atoms. The van der Waals surface area contributed by atoms with E-state index >= 15 is 0 Å². The van der Waals surface area contributed by atoms with Gasteiger partial charge < -0.3 is 19.4 Å². The summed E-state index contributed by atoms with van der Waals surface area (Å²) in [6, 6.07) is 11.1. The lowest BCUT2D eigenvalue weighted by molar-refractivity contribution is 0.102. The molecule has 1 heterocycles. The van der Waals surface area contributed by atoms with Gasteiger partial charge in [-0.2, -0.15) is 0 Å². The molecule has 1 aromatic heterocycles. The molecule has 0 atom stereocenters. The normalized spacial score (nSPS) is 11.2. The highest BCUT2D eigenvalue weighted by Gasteiger charge is 2.19. The molecule has 6 nitrogen and oxygen atoms in total. The van der Waals surface area contributed by atoms with Gasteiger partial charge in [0.05, 0.1) is 25.2 Å². The molecule has 0 radical (unpaired) electrons. The number of fused-ring (bicyclic) bond motifs is 1. The third-order valence-electron chi connectivity index (χ3n) is 5.23. The minimum atomic E-state index is -0.285. The Labute approximate surface area is 182 Å². The predicted molar refractivity (Wildman–Crippen MR) is 125 cm³/mol. The lowest BCUT2D eigenvalue weighted by atomic mass is 10.0. The largest absolute Gasteiger partial charge is 0.493 e. The summed E-state index contributed by atoms with van der Waals surface area (Å²) in [5, 5.41) is 3.90. The molecule has 164 valence electrons. The molecule has 31 heavy (non-hydrogen) atoms. The Bertz CT molecular complexity index is 1140. The van der Waals surface area contributed by atoms with E-state index in [2.05, 4.69) is 19.2 Å². The van der Waals surface area contributed by atoms with Gasteiger partial charge in [-0.15, -0.1) is 0 Å². The maximum Gasteiger partial charge on any atom is 0.258 e. The van der Waals surface area contributed by atoms with Crippen molar-refractivity contribution >= 4 is 22.4 Å². The van der Waals surface area contributed by atoms with Gasteiger partial charge in [-0.3, -0.25) is 9.59 Å². The van der Waals surface area contributed by atoms with Gasteiger partial charge in [0.2, 0.25) is 0 Å². The Kier molecular flexibility index (Phi) is 6.68. The first kappa shape index (κ1) is 22.4. The topological polar surface area (TPSA) is 69.6 Å². The molecular weight excluding hydrogens is 392 g/mol. The average molecular weight is 423 g/mol. The summed E-state index contributed by atoms with van der Waals surface area (Å²) in [5.74, 6) is 1.29. The van der Waals surface area contributed by atoms with E-state index < -0.39 is 0 Å². The molecule has 1 N–H and O–H groups in total. The summed E-state index contributed by atoms with van der Waals surface area (Å²) in [6.07, 6.45) is 1.63. The predicted octanol–water partition coefficient (Wildman–Crippen LogP) is 5.05. The summed E-state index contributed by atoms with van der Waals surface area (Å²) < 4.78 is 12.4. The number of aromatic nitrogens is 1. The van der Waals surface area contributed by atoms with Crippen molar-refractivity contribution in [3.63, 3.8) is 0 Å². The number of nitrogens with one attached hydrogen (secondary N) is 1. The Morgan fingerprint density at radius 1 is 0.968 bits per heavy atom. The molecule has 0 unspecified atom stereocenters. The van der Waals surface area contributed by atoms with Crippen LogP contribution in [0.1, 0.15) is 49.5 Å². The van der Waals surface area contributed by atoms with Crippen molar-refractivity contribution in [3.8, 4) is 11.5 Å². The van der Waals surface area contributed by atoms with Crippen LogP contribution >= 0.6 is 0 Å². The summed E-state index contributed by atoms with van der Waals surface area (Å²) in [4.78, 5) is 26.4. The lowest BCUT2D eigenvalue weighted by Crippen LogP contribution is -2.25. The van der Waals surface area contributed by atoms with Crippen LogP contribution in [0.2, 0.25) is 0 Å². The van der Waals surface area contributed by atoms with Crippen LogP contribution in [0.3, 0.4) is 0 Å². The molecular formula is C25H30N2O4. The smallest absolute Gasteiger partial charge is 0.258 e. The van der Waals surface area contributed by atoms with E-state index in [1.165, 1.54) is 19.8 Å². The number of hydrogen-bond acceptors (Lipinski definition) is 4.